The Bertz CT molecular complexity index is 1350. The molecular formula is C24H18BrN3O8. The second kappa shape index (κ2) is 10.4. The molecule has 0 unspecified atom stereocenters. The summed E-state index contributed by atoms with van der Waals surface area (Å²) in [5.74, 6) is 0.128. The van der Waals surface area contributed by atoms with Gasteiger partial charge in [-0.1, -0.05) is 49.6 Å². The van der Waals surface area contributed by atoms with Crippen LogP contribution in [0.4, 0.5) is 17.1 Å². The van der Waals surface area contributed by atoms with Crippen molar-refractivity contribution in [2.45, 2.75) is 0 Å². The number of rotatable bonds is 9. The summed E-state index contributed by atoms with van der Waals surface area (Å²) in [6.45, 7) is 7.39. The molecule has 0 spiro atoms. The van der Waals surface area contributed by atoms with Crippen LogP contribution < -0.4 is 9.47 Å². The highest BCUT2D eigenvalue weighted by molar-refractivity contribution is 9.10. The predicted octanol–water partition coefficient (Wildman–Crippen LogP) is 6.81. The standard InChI is InChI=1S/C24H18BrN3O8/c1-5-13-9-7-11-15(35-3)17(13)19-22(26(29)30)20(18-14(6-2)10-8-12-16(18)36-4)24(28(33)34)21(25)23(19)27(31)32/h5-12H,1-2H2,3-4H3. The highest BCUT2D eigenvalue weighted by atomic mass is 79.9. The molecular weight excluding hydrogens is 538 g/mol. The maximum Gasteiger partial charge on any atom is 0.305 e. The smallest absolute Gasteiger partial charge is 0.305 e. The van der Waals surface area contributed by atoms with Gasteiger partial charge in [0.1, 0.15) is 22.6 Å². The van der Waals surface area contributed by atoms with E-state index in [4.69, 9.17) is 9.47 Å². The van der Waals surface area contributed by atoms with Gasteiger partial charge < -0.3 is 9.47 Å². The summed E-state index contributed by atoms with van der Waals surface area (Å²) in [7, 11) is 2.58. The third-order valence-electron chi connectivity index (χ3n) is 5.41. The molecule has 36 heavy (non-hydrogen) atoms. The molecule has 0 N–H and O–H groups in total. The average Bonchev–Trinajstić information content (AvgIpc) is 2.85. The summed E-state index contributed by atoms with van der Waals surface area (Å²) in [5, 5.41) is 37.2. The largest absolute Gasteiger partial charge is 0.496 e. The van der Waals surface area contributed by atoms with Gasteiger partial charge in [0.05, 0.1) is 29.0 Å². The fourth-order valence-electron chi connectivity index (χ4n) is 3.99. The lowest BCUT2D eigenvalue weighted by atomic mass is 9.88. The lowest BCUT2D eigenvalue weighted by Crippen LogP contribution is -2.08. The minimum atomic E-state index is -0.918. The molecule has 0 aliphatic heterocycles. The van der Waals surface area contributed by atoms with Crippen LogP contribution in [0.5, 0.6) is 11.5 Å². The number of halogens is 1. The zero-order valence-corrected chi connectivity index (χ0v) is 20.6. The van der Waals surface area contributed by atoms with Crippen molar-refractivity contribution in [2.24, 2.45) is 0 Å². The van der Waals surface area contributed by atoms with Crippen molar-refractivity contribution < 1.29 is 24.2 Å². The van der Waals surface area contributed by atoms with E-state index in [1.807, 2.05) is 0 Å². The Hall–Kier alpha value is -4.58. The molecule has 0 atom stereocenters. The van der Waals surface area contributed by atoms with Crippen molar-refractivity contribution >= 4 is 45.1 Å². The lowest BCUT2D eigenvalue weighted by molar-refractivity contribution is -0.402. The first-order chi connectivity index (χ1) is 17.1. The van der Waals surface area contributed by atoms with Crippen LogP contribution in [-0.2, 0) is 0 Å². The van der Waals surface area contributed by atoms with Gasteiger partial charge in [-0.3, -0.25) is 30.3 Å². The van der Waals surface area contributed by atoms with E-state index in [0.717, 1.165) is 0 Å². The van der Waals surface area contributed by atoms with Crippen LogP contribution in [0.25, 0.3) is 34.4 Å². The van der Waals surface area contributed by atoms with Crippen LogP contribution in [0, 0.1) is 30.3 Å². The first-order valence-corrected chi connectivity index (χ1v) is 10.9. The molecule has 0 fully saturated rings. The second-order valence-electron chi connectivity index (χ2n) is 7.14. The molecule has 0 amide bonds. The molecule has 3 aromatic rings. The van der Waals surface area contributed by atoms with Crippen LogP contribution >= 0.6 is 15.9 Å². The number of hydrogen-bond acceptors (Lipinski definition) is 8. The van der Waals surface area contributed by atoms with Crippen LogP contribution in [0.2, 0.25) is 0 Å². The van der Waals surface area contributed by atoms with Gasteiger partial charge in [0.25, 0.3) is 5.69 Å². The van der Waals surface area contributed by atoms with Crippen molar-refractivity contribution in [2.75, 3.05) is 14.2 Å². The summed E-state index contributed by atoms with van der Waals surface area (Å²) < 4.78 is 10.2. The number of ether oxygens (including phenoxy) is 2. The molecule has 0 bridgehead atoms. The van der Waals surface area contributed by atoms with Crippen molar-refractivity contribution in [3.63, 3.8) is 0 Å². The highest BCUT2D eigenvalue weighted by Gasteiger charge is 2.44. The van der Waals surface area contributed by atoms with Gasteiger partial charge in [-0.05, 0) is 39.2 Å². The van der Waals surface area contributed by atoms with Gasteiger partial charge in [-0.2, -0.15) is 0 Å². The normalized spacial score (nSPS) is 10.4. The average molecular weight is 556 g/mol. The zero-order valence-electron chi connectivity index (χ0n) is 19.0. The number of nitro groups is 3. The van der Waals surface area contributed by atoms with Crippen LogP contribution in [0.3, 0.4) is 0 Å². The molecule has 0 heterocycles. The minimum absolute atomic E-state index is 0.0275. The monoisotopic (exact) mass is 555 g/mol. The number of nitrogens with zero attached hydrogens (tertiary/aromatic N) is 3. The van der Waals surface area contributed by atoms with Gasteiger partial charge in [-0.25, -0.2) is 0 Å². The zero-order chi connectivity index (χ0) is 26.7. The van der Waals surface area contributed by atoms with Crippen molar-refractivity contribution in [3.8, 4) is 33.8 Å². The Kier molecular flexibility index (Phi) is 7.49. The number of methoxy groups -OCH3 is 2. The number of hydrogen-bond donors (Lipinski definition) is 0. The topological polar surface area (TPSA) is 148 Å². The SMILES string of the molecule is C=Cc1cccc(OC)c1-c1c([N+](=O)[O-])c(Br)c([N+](=O)[O-])c(-c2c(C=C)cccc2OC)c1[N+](=O)[O-]. The van der Waals surface area contributed by atoms with Gasteiger partial charge in [0.15, 0.2) is 4.47 Å². The van der Waals surface area contributed by atoms with E-state index in [1.165, 1.54) is 50.6 Å². The van der Waals surface area contributed by atoms with Crippen molar-refractivity contribution in [1.29, 1.82) is 0 Å². The molecule has 0 aromatic heterocycles. The summed E-state index contributed by atoms with van der Waals surface area (Å²) in [6, 6.07) is 9.14. The molecule has 0 aliphatic carbocycles. The number of benzene rings is 3. The van der Waals surface area contributed by atoms with Gasteiger partial charge in [-0.15, -0.1) is 0 Å². The maximum absolute atomic E-state index is 12.7. The second-order valence-corrected chi connectivity index (χ2v) is 7.93. The maximum atomic E-state index is 12.7. The minimum Gasteiger partial charge on any atom is -0.496 e. The molecule has 12 heteroatoms. The van der Waals surface area contributed by atoms with Gasteiger partial charge >= 0.3 is 11.4 Å². The van der Waals surface area contributed by atoms with Crippen LogP contribution in [-0.4, -0.2) is 29.0 Å². The van der Waals surface area contributed by atoms with Crippen LogP contribution in [0.15, 0.2) is 54.0 Å². The quantitative estimate of drug-likeness (QED) is 0.206. The van der Waals surface area contributed by atoms with Crippen molar-refractivity contribution in [3.05, 3.63) is 95.5 Å². The van der Waals surface area contributed by atoms with E-state index >= 15 is 0 Å². The molecule has 3 aromatic carbocycles. The Morgan fingerprint density at radius 1 is 0.694 bits per heavy atom. The summed E-state index contributed by atoms with van der Waals surface area (Å²) in [5.41, 5.74) is -3.12. The molecule has 0 saturated carbocycles. The van der Waals surface area contributed by atoms with E-state index in [9.17, 15) is 30.3 Å². The van der Waals surface area contributed by atoms with E-state index in [1.54, 1.807) is 12.1 Å². The molecule has 11 nitrogen and oxygen atoms in total. The van der Waals surface area contributed by atoms with Gasteiger partial charge in [0.2, 0.25) is 0 Å². The molecule has 3 rings (SSSR count). The third kappa shape index (κ3) is 4.18. The third-order valence-corrected chi connectivity index (χ3v) is 6.16. The first kappa shape index (κ1) is 26.0. The molecule has 0 saturated heterocycles. The summed E-state index contributed by atoms with van der Waals surface area (Å²) >= 11 is 3.01. The lowest BCUT2D eigenvalue weighted by Gasteiger charge is -2.18. The predicted molar refractivity (Wildman–Crippen MR) is 138 cm³/mol. The summed E-state index contributed by atoms with van der Waals surface area (Å²) in [6.07, 6.45) is 2.69. The van der Waals surface area contributed by atoms with Crippen LogP contribution in [0.1, 0.15) is 11.1 Å². The van der Waals surface area contributed by atoms with E-state index in [0.29, 0.717) is 0 Å². The number of nitro benzene ring substituents is 3. The Morgan fingerprint density at radius 3 is 1.33 bits per heavy atom. The fraction of sp³-hybridized carbons (Fsp3) is 0.0833. The van der Waals surface area contributed by atoms with Gasteiger partial charge in [0, 0.05) is 11.1 Å². The fourth-order valence-corrected chi connectivity index (χ4v) is 4.68. The molecule has 0 radical (unpaired) electrons. The highest BCUT2D eigenvalue weighted by Crippen LogP contribution is 2.57. The molecule has 184 valence electrons. The Morgan fingerprint density at radius 2 is 1.06 bits per heavy atom. The first-order valence-electron chi connectivity index (χ1n) is 10.1. The Balaban J connectivity index is 2.83. The van der Waals surface area contributed by atoms with Crippen molar-refractivity contribution in [1.82, 2.24) is 0 Å². The Labute approximate surface area is 212 Å². The molecule has 0 aliphatic rings. The van der Waals surface area contributed by atoms with E-state index in [-0.39, 0.29) is 33.8 Å². The summed E-state index contributed by atoms with van der Waals surface area (Å²) in [4.78, 5) is 34.5. The van der Waals surface area contributed by atoms with E-state index in [2.05, 4.69) is 29.1 Å². The van der Waals surface area contributed by atoms with E-state index < -0.39 is 47.4 Å².